The summed E-state index contributed by atoms with van der Waals surface area (Å²) in [6.45, 7) is 0. The Hall–Kier alpha value is 0.270. The molecule has 0 rings (SSSR count). The minimum absolute atomic E-state index is 1.30. The number of hydrogen-bond acceptors (Lipinski definition) is 4. The van der Waals surface area contributed by atoms with Crippen molar-refractivity contribution >= 4 is 8.60 Å². The summed E-state index contributed by atoms with van der Waals surface area (Å²) in [5.74, 6) is 0. The van der Waals surface area contributed by atoms with Crippen LogP contribution in [0.3, 0.4) is 0 Å². The molecule has 0 aromatic heterocycles. The Morgan fingerprint density at radius 1 is 1.43 bits per heavy atom. The van der Waals surface area contributed by atoms with E-state index in [2.05, 4.69) is 14.1 Å². The Morgan fingerprint density at radius 3 is 2.14 bits per heavy atom. The highest BCUT2D eigenvalue weighted by molar-refractivity contribution is 7.40. The van der Waals surface area contributed by atoms with Gasteiger partial charge in [-0.05, 0) is 0 Å². The zero-order chi connectivity index (χ0) is 5.70. The molecule has 0 saturated carbocycles. The lowest BCUT2D eigenvalue weighted by atomic mass is 11.8. The molecule has 0 amide bonds. The fourth-order valence-electron chi connectivity index (χ4n) is 0.0942. The van der Waals surface area contributed by atoms with E-state index in [1.54, 1.807) is 0 Å². The molecule has 0 bridgehead atoms. The molecule has 0 aromatic rings. The van der Waals surface area contributed by atoms with Crippen LogP contribution in [0.1, 0.15) is 0 Å². The monoisotopic (exact) mass is 126 g/mol. The van der Waals surface area contributed by atoms with E-state index in [1.165, 1.54) is 14.2 Å². The Labute approximate surface area is 42.9 Å². The highest BCUT2D eigenvalue weighted by Gasteiger charge is 1.99. The third-order valence-electron chi connectivity index (χ3n) is 0.294. The maximum absolute atomic E-state index is 8.35. The van der Waals surface area contributed by atoms with Gasteiger partial charge < -0.3 is 9.42 Å². The van der Waals surface area contributed by atoms with Crippen LogP contribution in [0.25, 0.3) is 0 Å². The minimum Gasteiger partial charge on any atom is -0.326 e. The summed E-state index contributed by atoms with van der Waals surface area (Å²) in [4.78, 5) is 12.4. The van der Waals surface area contributed by atoms with Crippen LogP contribution >= 0.6 is 8.60 Å². The molecule has 0 aliphatic carbocycles. The molecule has 1 unspecified atom stereocenters. The first-order valence-electron chi connectivity index (χ1n) is 1.55. The van der Waals surface area contributed by atoms with E-state index in [0.717, 1.165) is 0 Å². The van der Waals surface area contributed by atoms with E-state index in [9.17, 15) is 0 Å². The van der Waals surface area contributed by atoms with Crippen molar-refractivity contribution in [1.29, 1.82) is 0 Å². The molecule has 0 aliphatic rings. The quantitative estimate of drug-likeness (QED) is 0.338. The molecule has 1 N–H and O–H groups in total. The summed E-state index contributed by atoms with van der Waals surface area (Å²) in [5, 5.41) is 0. The predicted octanol–water partition coefficient (Wildman–Crippen LogP) is 0.430. The van der Waals surface area contributed by atoms with Crippen LogP contribution in [0.15, 0.2) is 0 Å². The first kappa shape index (κ1) is 7.27. The molecule has 1 atom stereocenters. The Bertz CT molecular complexity index is 40.7. The standard InChI is InChI=1S/C2H7O4P/c1-4-6-7(3)5-2/h3H,1-2H3. The van der Waals surface area contributed by atoms with E-state index in [1.807, 2.05) is 0 Å². The molecule has 0 radical (unpaired) electrons. The molecule has 0 heterocycles. The van der Waals surface area contributed by atoms with Crippen LogP contribution in [-0.4, -0.2) is 19.1 Å². The van der Waals surface area contributed by atoms with Crippen LogP contribution in [-0.2, 0) is 14.1 Å². The van der Waals surface area contributed by atoms with E-state index in [0.29, 0.717) is 0 Å². The topological polar surface area (TPSA) is 47.9 Å². The van der Waals surface area contributed by atoms with Gasteiger partial charge in [0.15, 0.2) is 0 Å². The Balaban J connectivity index is 2.83. The van der Waals surface area contributed by atoms with Crippen molar-refractivity contribution in [3.05, 3.63) is 0 Å². The van der Waals surface area contributed by atoms with Gasteiger partial charge in [0.05, 0.1) is 7.11 Å². The van der Waals surface area contributed by atoms with Crippen molar-refractivity contribution < 1.29 is 19.0 Å². The molecule has 0 aliphatic heterocycles. The van der Waals surface area contributed by atoms with Gasteiger partial charge in [0.25, 0.3) is 0 Å². The van der Waals surface area contributed by atoms with Gasteiger partial charge in [-0.3, -0.25) is 0 Å². The first-order valence-corrected chi connectivity index (χ1v) is 2.68. The van der Waals surface area contributed by atoms with Gasteiger partial charge in [0, 0.05) is 7.11 Å². The van der Waals surface area contributed by atoms with Gasteiger partial charge in [0.2, 0.25) is 0 Å². The van der Waals surface area contributed by atoms with E-state index in [-0.39, 0.29) is 0 Å². The Kier molecular flexibility index (Phi) is 4.60. The summed E-state index contributed by atoms with van der Waals surface area (Å²) < 4.78 is 8.35. The average Bonchev–Trinajstić information content (AvgIpc) is 1.68. The van der Waals surface area contributed by atoms with Crippen molar-refractivity contribution in [1.82, 2.24) is 0 Å². The molecule has 7 heavy (non-hydrogen) atoms. The van der Waals surface area contributed by atoms with Crippen molar-refractivity contribution in [3.63, 3.8) is 0 Å². The van der Waals surface area contributed by atoms with E-state index < -0.39 is 8.60 Å². The molecule has 4 nitrogen and oxygen atoms in total. The highest BCUT2D eigenvalue weighted by atomic mass is 31.2. The molecule has 44 valence electrons. The summed E-state index contributed by atoms with van der Waals surface area (Å²) in [7, 11) is 0.820. The summed E-state index contributed by atoms with van der Waals surface area (Å²) in [6.07, 6.45) is 0. The Morgan fingerprint density at radius 2 is 2.00 bits per heavy atom. The fourth-order valence-corrected chi connectivity index (χ4v) is 0.283. The number of hydrogen-bond donors (Lipinski definition) is 1. The maximum Gasteiger partial charge on any atom is 0.359 e. The second-order valence-corrected chi connectivity index (χ2v) is 1.65. The van der Waals surface area contributed by atoms with Gasteiger partial charge >= 0.3 is 8.60 Å². The predicted molar refractivity (Wildman–Crippen MR) is 24.2 cm³/mol. The van der Waals surface area contributed by atoms with Gasteiger partial charge in [-0.1, -0.05) is 0 Å². The fraction of sp³-hybridized carbons (Fsp3) is 1.00. The van der Waals surface area contributed by atoms with Gasteiger partial charge in [-0.2, -0.15) is 4.67 Å². The van der Waals surface area contributed by atoms with Crippen LogP contribution in [0, 0.1) is 0 Å². The maximum atomic E-state index is 8.35. The highest BCUT2D eigenvalue weighted by Crippen LogP contribution is 2.30. The lowest BCUT2D eigenvalue weighted by Gasteiger charge is -2.00. The third kappa shape index (κ3) is 4.12. The zero-order valence-electron chi connectivity index (χ0n) is 4.12. The minimum atomic E-state index is -1.80. The largest absolute Gasteiger partial charge is 0.359 e. The average molecular weight is 126 g/mol. The van der Waals surface area contributed by atoms with E-state index >= 15 is 0 Å². The first-order chi connectivity index (χ1) is 3.31. The number of rotatable bonds is 3. The van der Waals surface area contributed by atoms with Gasteiger partial charge in [-0.25, -0.2) is 4.89 Å². The SMILES string of the molecule is COOP(O)OC. The van der Waals surface area contributed by atoms with Crippen LogP contribution in [0.5, 0.6) is 0 Å². The lowest BCUT2D eigenvalue weighted by Crippen LogP contribution is -1.82. The molecule has 0 saturated heterocycles. The van der Waals surface area contributed by atoms with Crippen molar-refractivity contribution in [2.24, 2.45) is 0 Å². The van der Waals surface area contributed by atoms with Gasteiger partial charge in [0.1, 0.15) is 0 Å². The molecular formula is C2H7O4P. The summed E-state index contributed by atoms with van der Waals surface area (Å²) >= 11 is 0. The zero-order valence-corrected chi connectivity index (χ0v) is 5.01. The molecule has 0 spiro atoms. The lowest BCUT2D eigenvalue weighted by molar-refractivity contribution is -0.186. The van der Waals surface area contributed by atoms with Crippen molar-refractivity contribution in [2.75, 3.05) is 14.2 Å². The van der Waals surface area contributed by atoms with Crippen LogP contribution in [0.2, 0.25) is 0 Å². The summed E-state index contributed by atoms with van der Waals surface area (Å²) in [6, 6.07) is 0. The van der Waals surface area contributed by atoms with E-state index in [4.69, 9.17) is 4.89 Å². The van der Waals surface area contributed by atoms with Crippen molar-refractivity contribution in [2.45, 2.75) is 0 Å². The van der Waals surface area contributed by atoms with Crippen LogP contribution < -0.4 is 0 Å². The third-order valence-corrected chi connectivity index (χ3v) is 0.883. The second kappa shape index (κ2) is 4.43. The molecular weight excluding hydrogens is 119 g/mol. The van der Waals surface area contributed by atoms with Gasteiger partial charge in [-0.15, -0.1) is 0 Å². The normalized spacial score (nSPS) is 14.1. The summed E-state index contributed by atoms with van der Waals surface area (Å²) in [5.41, 5.74) is 0. The second-order valence-electron chi connectivity index (χ2n) is 0.662. The smallest absolute Gasteiger partial charge is 0.326 e. The van der Waals surface area contributed by atoms with Crippen molar-refractivity contribution in [3.8, 4) is 0 Å². The molecule has 0 aromatic carbocycles. The molecule has 5 heteroatoms. The molecule has 0 fully saturated rings. The van der Waals surface area contributed by atoms with Crippen LogP contribution in [0.4, 0.5) is 0 Å².